The fraction of sp³-hybridized carbons (Fsp3) is 0.533. The standard InChI is InChI=1S/C23H30N6O3.C22H30N6O2/c30-18-20-21(27-10-14-31-15-11-27)24-23(25-22(20)28-12-16-32-17-13-28)29-8-6-26(7-9-29)19-4-2-1-3-5-19;1-2-4-19(5-3-1)25-6-8-28(9-7-25)22-23-20(26-10-14-29-15-11-26)18-21(24-22)27-12-16-30-17-13-27/h1-5,18H,6-17H2;1-5,18H,6-17H2. The van der Waals surface area contributed by atoms with Gasteiger partial charge in [0.05, 0.1) is 58.4 Å². The molecule has 6 fully saturated rings. The summed E-state index contributed by atoms with van der Waals surface area (Å²) in [5, 5.41) is 0. The summed E-state index contributed by atoms with van der Waals surface area (Å²) < 4.78 is 22.1. The van der Waals surface area contributed by atoms with Crippen LogP contribution in [0, 0.1) is 0 Å². The summed E-state index contributed by atoms with van der Waals surface area (Å²) in [4.78, 5) is 50.4. The number of hydrogen-bond donors (Lipinski definition) is 0. The maximum absolute atomic E-state index is 12.2. The molecular weight excluding hydrogens is 789 g/mol. The minimum atomic E-state index is 0.570. The third kappa shape index (κ3) is 10.1. The van der Waals surface area contributed by atoms with Gasteiger partial charge >= 0.3 is 0 Å². The molecule has 0 amide bonds. The highest BCUT2D eigenvalue weighted by Crippen LogP contribution is 2.31. The molecule has 6 saturated heterocycles. The van der Waals surface area contributed by atoms with Crippen LogP contribution in [0.4, 0.5) is 46.5 Å². The molecular formula is C45H60N12O5. The molecule has 0 spiro atoms. The van der Waals surface area contributed by atoms with Gasteiger partial charge in [-0.1, -0.05) is 36.4 Å². The predicted molar refractivity (Wildman–Crippen MR) is 243 cm³/mol. The molecule has 330 valence electrons. The van der Waals surface area contributed by atoms with E-state index in [0.29, 0.717) is 37.9 Å². The highest BCUT2D eigenvalue weighted by molar-refractivity contribution is 5.91. The van der Waals surface area contributed by atoms with Crippen LogP contribution in [0.1, 0.15) is 10.4 Å². The highest BCUT2D eigenvalue weighted by atomic mass is 16.5. The fourth-order valence-corrected chi connectivity index (χ4v) is 8.78. The molecule has 6 aliphatic heterocycles. The first kappa shape index (κ1) is 41.8. The molecule has 0 bridgehead atoms. The Hall–Kier alpha value is -5.49. The van der Waals surface area contributed by atoms with Gasteiger partial charge in [-0.2, -0.15) is 19.9 Å². The topological polar surface area (TPSA) is 131 Å². The number of ether oxygens (including phenoxy) is 4. The average molecular weight is 849 g/mol. The lowest BCUT2D eigenvalue weighted by atomic mass is 10.2. The maximum atomic E-state index is 12.2. The van der Waals surface area contributed by atoms with Gasteiger partial charge in [-0.25, -0.2) is 0 Å². The normalized spacial score (nSPS) is 20.2. The molecule has 62 heavy (non-hydrogen) atoms. The Kier molecular flexibility index (Phi) is 13.9. The zero-order valence-corrected chi connectivity index (χ0v) is 35.8. The smallest absolute Gasteiger partial charge is 0.229 e. The molecule has 0 unspecified atom stereocenters. The summed E-state index contributed by atoms with van der Waals surface area (Å²) in [6, 6.07) is 23.3. The third-order valence-electron chi connectivity index (χ3n) is 12.4. The van der Waals surface area contributed by atoms with Crippen molar-refractivity contribution in [1.82, 2.24) is 19.9 Å². The Labute approximate surface area is 364 Å². The maximum Gasteiger partial charge on any atom is 0.229 e. The van der Waals surface area contributed by atoms with Crippen molar-refractivity contribution in [2.45, 2.75) is 0 Å². The van der Waals surface area contributed by atoms with E-state index < -0.39 is 0 Å². The number of anilines is 8. The van der Waals surface area contributed by atoms with Gasteiger partial charge in [0.15, 0.2) is 6.29 Å². The molecule has 10 rings (SSSR count). The van der Waals surface area contributed by atoms with Crippen molar-refractivity contribution in [1.29, 1.82) is 0 Å². The van der Waals surface area contributed by atoms with Crippen LogP contribution in [0.5, 0.6) is 0 Å². The van der Waals surface area contributed by atoms with Crippen molar-refractivity contribution in [2.24, 2.45) is 0 Å². The number of benzene rings is 2. The predicted octanol–water partition coefficient (Wildman–Crippen LogP) is 2.77. The van der Waals surface area contributed by atoms with E-state index in [0.717, 1.165) is 167 Å². The molecule has 2 aromatic carbocycles. The summed E-state index contributed by atoms with van der Waals surface area (Å²) in [7, 11) is 0. The molecule has 0 atom stereocenters. The zero-order chi connectivity index (χ0) is 41.9. The zero-order valence-electron chi connectivity index (χ0n) is 35.8. The molecule has 0 N–H and O–H groups in total. The van der Waals surface area contributed by atoms with Gasteiger partial charge < -0.3 is 58.1 Å². The SMILES string of the molecule is O=Cc1c(N2CCOCC2)nc(N2CCN(c3ccccc3)CC2)nc1N1CCOCC1.c1ccc(N2CCN(c3nc(N4CCOCC4)cc(N4CCOCC4)n3)CC2)cc1. The highest BCUT2D eigenvalue weighted by Gasteiger charge is 2.29. The molecule has 8 heterocycles. The van der Waals surface area contributed by atoms with Crippen molar-refractivity contribution < 1.29 is 23.7 Å². The first-order valence-corrected chi connectivity index (χ1v) is 22.4. The second kappa shape index (κ2) is 20.6. The van der Waals surface area contributed by atoms with Crippen LogP contribution in [0.15, 0.2) is 66.7 Å². The summed E-state index contributed by atoms with van der Waals surface area (Å²) >= 11 is 0. The molecule has 2 aromatic heterocycles. The fourth-order valence-electron chi connectivity index (χ4n) is 8.78. The van der Waals surface area contributed by atoms with Gasteiger partial charge in [-0.05, 0) is 24.3 Å². The molecule has 17 nitrogen and oxygen atoms in total. The lowest BCUT2D eigenvalue weighted by Gasteiger charge is -2.38. The van der Waals surface area contributed by atoms with Gasteiger partial charge in [0.25, 0.3) is 0 Å². The van der Waals surface area contributed by atoms with Crippen molar-refractivity contribution in [2.75, 3.05) is 197 Å². The first-order chi connectivity index (χ1) is 30.7. The summed E-state index contributed by atoms with van der Waals surface area (Å²) in [6.07, 6.45) is 0.909. The van der Waals surface area contributed by atoms with E-state index in [9.17, 15) is 4.79 Å². The molecule has 0 saturated carbocycles. The van der Waals surface area contributed by atoms with E-state index >= 15 is 0 Å². The third-order valence-corrected chi connectivity index (χ3v) is 12.4. The monoisotopic (exact) mass is 848 g/mol. The van der Waals surface area contributed by atoms with Crippen molar-refractivity contribution in [3.05, 3.63) is 72.3 Å². The van der Waals surface area contributed by atoms with Crippen LogP contribution < -0.4 is 39.2 Å². The van der Waals surface area contributed by atoms with Gasteiger partial charge in [0, 0.05) is 122 Å². The van der Waals surface area contributed by atoms with Crippen LogP contribution in [-0.4, -0.2) is 184 Å². The number of aromatic nitrogens is 4. The second-order valence-corrected chi connectivity index (χ2v) is 16.1. The van der Waals surface area contributed by atoms with Gasteiger partial charge in [0.1, 0.15) is 23.3 Å². The quantitative estimate of drug-likeness (QED) is 0.229. The van der Waals surface area contributed by atoms with Crippen LogP contribution in [0.3, 0.4) is 0 Å². The number of aldehydes is 1. The summed E-state index contributed by atoms with van der Waals surface area (Å²) in [5.41, 5.74) is 3.10. The van der Waals surface area contributed by atoms with Crippen LogP contribution in [-0.2, 0) is 18.9 Å². The van der Waals surface area contributed by atoms with Crippen LogP contribution >= 0.6 is 0 Å². The van der Waals surface area contributed by atoms with E-state index in [1.165, 1.54) is 11.4 Å². The largest absolute Gasteiger partial charge is 0.378 e. The Morgan fingerprint density at radius 3 is 1.05 bits per heavy atom. The average Bonchev–Trinajstić information content (AvgIpc) is 3.37. The van der Waals surface area contributed by atoms with Gasteiger partial charge in [-0.15, -0.1) is 0 Å². The first-order valence-electron chi connectivity index (χ1n) is 22.4. The summed E-state index contributed by atoms with van der Waals surface area (Å²) in [6.45, 7) is 19.2. The number of carbonyl (C=O) groups excluding carboxylic acids is 1. The van der Waals surface area contributed by atoms with Gasteiger partial charge in [0.2, 0.25) is 11.9 Å². The number of carbonyl (C=O) groups is 1. The number of nitrogens with zero attached hydrogens (tertiary/aromatic N) is 12. The van der Waals surface area contributed by atoms with E-state index in [2.05, 4.69) is 99.9 Å². The Balaban J connectivity index is 0.000000158. The molecule has 4 aromatic rings. The molecule has 17 heteroatoms. The van der Waals surface area contributed by atoms with E-state index in [-0.39, 0.29) is 0 Å². The second-order valence-electron chi connectivity index (χ2n) is 16.1. The van der Waals surface area contributed by atoms with Crippen molar-refractivity contribution in [3.63, 3.8) is 0 Å². The molecule has 0 radical (unpaired) electrons. The number of rotatable bonds is 9. The number of hydrogen-bond acceptors (Lipinski definition) is 17. The van der Waals surface area contributed by atoms with E-state index in [4.69, 9.17) is 38.9 Å². The van der Waals surface area contributed by atoms with Gasteiger partial charge in [-0.3, -0.25) is 4.79 Å². The summed E-state index contributed by atoms with van der Waals surface area (Å²) in [5.74, 6) is 5.01. The van der Waals surface area contributed by atoms with E-state index in [1.54, 1.807) is 0 Å². The Morgan fingerprint density at radius 1 is 0.371 bits per heavy atom. The van der Waals surface area contributed by atoms with Crippen LogP contribution in [0.2, 0.25) is 0 Å². The Bertz CT molecular complexity index is 1940. The number of morpholine rings is 4. The minimum Gasteiger partial charge on any atom is -0.378 e. The molecule has 0 aliphatic carbocycles. The van der Waals surface area contributed by atoms with Crippen molar-refractivity contribution in [3.8, 4) is 0 Å². The lowest BCUT2D eigenvalue weighted by molar-refractivity contribution is 0.111. The minimum absolute atomic E-state index is 0.570. The Morgan fingerprint density at radius 2 is 0.694 bits per heavy atom. The van der Waals surface area contributed by atoms with E-state index in [1.807, 2.05) is 6.07 Å². The molecule has 6 aliphatic rings. The van der Waals surface area contributed by atoms with Crippen molar-refractivity contribution >= 4 is 52.8 Å². The lowest BCUT2D eigenvalue weighted by Crippen LogP contribution is -2.47. The number of para-hydroxylation sites is 2. The number of piperazine rings is 2. The van der Waals surface area contributed by atoms with Crippen LogP contribution in [0.25, 0.3) is 0 Å².